The van der Waals surface area contributed by atoms with Gasteiger partial charge in [0.1, 0.15) is 11.6 Å². The summed E-state index contributed by atoms with van der Waals surface area (Å²) in [6.07, 6.45) is 5.02. The third-order valence-corrected chi connectivity index (χ3v) is 4.74. The monoisotopic (exact) mass is 414 g/mol. The maximum absolute atomic E-state index is 12.1. The van der Waals surface area contributed by atoms with Crippen molar-refractivity contribution in [3.63, 3.8) is 0 Å². The lowest BCUT2D eigenvalue weighted by Gasteiger charge is -2.10. The molecule has 0 spiro atoms. The molecule has 30 heavy (non-hydrogen) atoms. The second kappa shape index (κ2) is 9.19. The summed E-state index contributed by atoms with van der Waals surface area (Å²) in [6, 6.07) is 22.3. The number of aromatic nitrogens is 3. The fraction of sp³-hybridized carbons (Fsp3) is 0.0435. The molecule has 6 nitrogen and oxygen atoms in total. The molecule has 4 aromatic rings. The van der Waals surface area contributed by atoms with Crippen LogP contribution in [0.25, 0.3) is 11.3 Å². The Hall–Kier alpha value is -3.71. The van der Waals surface area contributed by atoms with Gasteiger partial charge in [-0.3, -0.25) is 4.98 Å². The lowest BCUT2D eigenvalue weighted by atomic mass is 10.1. The zero-order valence-electron chi connectivity index (χ0n) is 16.1. The Balaban J connectivity index is 1.50. The first-order chi connectivity index (χ1) is 14.7. The summed E-state index contributed by atoms with van der Waals surface area (Å²) < 4.78 is 5.38. The topological polar surface area (TPSA) is 77.0 Å². The van der Waals surface area contributed by atoms with Gasteiger partial charge >= 0.3 is 5.97 Å². The molecule has 4 rings (SSSR count). The van der Waals surface area contributed by atoms with Crippen LogP contribution in [0.5, 0.6) is 5.75 Å². The van der Waals surface area contributed by atoms with Gasteiger partial charge in [-0.15, -0.1) is 0 Å². The molecule has 1 N–H and O–H groups in total. The molecule has 0 unspecified atom stereocenters. The molecule has 2 aromatic heterocycles. The first-order valence-electron chi connectivity index (χ1n) is 9.19. The number of carbonyl (C=O) groups is 1. The molecule has 0 saturated heterocycles. The van der Waals surface area contributed by atoms with Crippen molar-refractivity contribution >= 4 is 29.2 Å². The fourth-order valence-electron chi connectivity index (χ4n) is 2.74. The van der Waals surface area contributed by atoms with E-state index in [2.05, 4.69) is 20.3 Å². The van der Waals surface area contributed by atoms with Gasteiger partial charge in [0.2, 0.25) is 0 Å². The van der Waals surface area contributed by atoms with Crippen LogP contribution < -0.4 is 10.1 Å². The number of carbonyl (C=O) groups excluding carboxylic acids is 1. The molecule has 148 valence electrons. The smallest absolute Gasteiger partial charge is 0.345 e. The molecule has 0 aliphatic heterocycles. The van der Waals surface area contributed by atoms with Gasteiger partial charge < -0.3 is 10.1 Å². The van der Waals surface area contributed by atoms with E-state index < -0.39 is 5.97 Å². The van der Waals surface area contributed by atoms with Gasteiger partial charge in [0, 0.05) is 29.7 Å². The van der Waals surface area contributed by atoms with Gasteiger partial charge in [0.05, 0.1) is 11.3 Å². The highest BCUT2D eigenvalue weighted by Gasteiger charge is 2.09. The number of benzene rings is 2. The lowest BCUT2D eigenvalue weighted by Crippen LogP contribution is -2.08. The molecule has 0 atom stereocenters. The molecule has 2 heterocycles. The number of nitrogens with one attached hydrogen (secondary N) is 1. The quantitative estimate of drug-likeness (QED) is 0.200. The van der Waals surface area contributed by atoms with Crippen LogP contribution in [-0.2, 0) is 0 Å². The summed E-state index contributed by atoms with van der Waals surface area (Å²) in [5.41, 5.74) is 3.09. The van der Waals surface area contributed by atoms with Crippen molar-refractivity contribution in [2.75, 3.05) is 11.6 Å². The Kier molecular flexibility index (Phi) is 6.01. The van der Waals surface area contributed by atoms with Gasteiger partial charge in [-0.1, -0.05) is 42.1 Å². The summed E-state index contributed by atoms with van der Waals surface area (Å²) in [7, 11) is 0. The Morgan fingerprint density at radius 2 is 1.77 bits per heavy atom. The van der Waals surface area contributed by atoms with E-state index in [1.807, 2.05) is 54.8 Å². The highest BCUT2D eigenvalue weighted by atomic mass is 32.2. The first kappa shape index (κ1) is 19.6. The van der Waals surface area contributed by atoms with E-state index in [1.54, 1.807) is 30.5 Å². The number of esters is 1. The number of nitrogens with zero attached hydrogens (tertiary/aromatic N) is 3. The van der Waals surface area contributed by atoms with Crippen LogP contribution in [0.15, 0.2) is 90.3 Å². The van der Waals surface area contributed by atoms with Crippen LogP contribution in [0.2, 0.25) is 0 Å². The zero-order valence-corrected chi connectivity index (χ0v) is 17.0. The molecule has 0 aliphatic rings. The van der Waals surface area contributed by atoms with E-state index in [4.69, 9.17) is 4.74 Å². The Morgan fingerprint density at radius 3 is 2.47 bits per heavy atom. The maximum Gasteiger partial charge on any atom is 0.345 e. The van der Waals surface area contributed by atoms with E-state index in [9.17, 15) is 4.79 Å². The summed E-state index contributed by atoms with van der Waals surface area (Å²) in [6.45, 7) is 0. The van der Waals surface area contributed by atoms with E-state index in [0.717, 1.165) is 16.9 Å². The summed E-state index contributed by atoms with van der Waals surface area (Å²) in [4.78, 5) is 25.2. The number of rotatable bonds is 6. The van der Waals surface area contributed by atoms with E-state index in [-0.39, 0.29) is 0 Å². The fourth-order valence-corrected chi connectivity index (χ4v) is 3.12. The van der Waals surface area contributed by atoms with Crippen LogP contribution in [0.3, 0.4) is 0 Å². The zero-order chi connectivity index (χ0) is 20.8. The molecular weight excluding hydrogens is 396 g/mol. The van der Waals surface area contributed by atoms with Gasteiger partial charge in [-0.05, 0) is 42.7 Å². The Labute approximate surface area is 178 Å². The third-order valence-electron chi connectivity index (χ3n) is 4.19. The summed E-state index contributed by atoms with van der Waals surface area (Å²) in [5, 5.41) is 3.97. The van der Waals surface area contributed by atoms with Crippen molar-refractivity contribution in [3.8, 4) is 17.0 Å². The van der Waals surface area contributed by atoms with Crippen molar-refractivity contribution in [2.24, 2.45) is 0 Å². The van der Waals surface area contributed by atoms with E-state index in [0.29, 0.717) is 22.3 Å². The van der Waals surface area contributed by atoms with Gasteiger partial charge in [-0.25, -0.2) is 14.8 Å². The summed E-state index contributed by atoms with van der Waals surface area (Å²) >= 11 is 1.48. The first-order valence-corrected chi connectivity index (χ1v) is 10.4. The SMILES string of the molecule is CSc1nc(Nc2ccc(OC(=O)c3cccnc3)cc2)cc(-c2ccccc2)n1. The molecule has 0 saturated carbocycles. The molecule has 0 fully saturated rings. The van der Waals surface area contributed by atoms with Gasteiger partial charge in [0.25, 0.3) is 0 Å². The number of hydrogen-bond acceptors (Lipinski definition) is 7. The Morgan fingerprint density at radius 1 is 0.967 bits per heavy atom. The molecule has 0 radical (unpaired) electrons. The number of hydrogen-bond donors (Lipinski definition) is 1. The minimum Gasteiger partial charge on any atom is -0.423 e. The minimum absolute atomic E-state index is 0.402. The van der Waals surface area contributed by atoms with Crippen molar-refractivity contribution < 1.29 is 9.53 Å². The van der Waals surface area contributed by atoms with Crippen LogP contribution in [0, 0.1) is 0 Å². The number of ether oxygens (including phenoxy) is 1. The average molecular weight is 414 g/mol. The van der Waals surface area contributed by atoms with E-state index in [1.165, 1.54) is 18.0 Å². The predicted octanol–water partition coefficient (Wildman–Crippen LogP) is 5.22. The largest absolute Gasteiger partial charge is 0.423 e. The van der Waals surface area contributed by atoms with Crippen LogP contribution >= 0.6 is 11.8 Å². The predicted molar refractivity (Wildman–Crippen MR) is 118 cm³/mol. The normalized spacial score (nSPS) is 10.4. The Bertz CT molecular complexity index is 1140. The van der Waals surface area contributed by atoms with Crippen LogP contribution in [0.1, 0.15) is 10.4 Å². The van der Waals surface area contributed by atoms with Crippen LogP contribution in [0.4, 0.5) is 11.5 Å². The lowest BCUT2D eigenvalue weighted by molar-refractivity contribution is 0.0734. The second-order valence-corrected chi connectivity index (χ2v) is 7.05. The van der Waals surface area contributed by atoms with Gasteiger partial charge in [0.15, 0.2) is 5.16 Å². The highest BCUT2D eigenvalue weighted by molar-refractivity contribution is 7.98. The number of pyridine rings is 1. The highest BCUT2D eigenvalue weighted by Crippen LogP contribution is 2.25. The maximum atomic E-state index is 12.1. The van der Waals surface area contributed by atoms with Crippen molar-refractivity contribution in [2.45, 2.75) is 5.16 Å². The van der Waals surface area contributed by atoms with Crippen LogP contribution in [-0.4, -0.2) is 27.2 Å². The van der Waals surface area contributed by atoms with Crippen molar-refractivity contribution in [1.29, 1.82) is 0 Å². The third kappa shape index (κ3) is 4.82. The number of anilines is 2. The number of thioether (sulfide) groups is 1. The molecule has 2 aromatic carbocycles. The molecular formula is C23H18N4O2S. The minimum atomic E-state index is -0.447. The standard InChI is InChI=1S/C23H18N4O2S/c1-30-23-26-20(16-6-3-2-4-7-16)14-21(27-23)25-18-9-11-19(12-10-18)29-22(28)17-8-5-13-24-15-17/h2-15H,1H3,(H,25,26,27). The molecule has 0 aliphatic carbocycles. The second-order valence-electron chi connectivity index (χ2n) is 6.27. The molecule has 0 amide bonds. The van der Waals surface area contributed by atoms with Crippen molar-refractivity contribution in [1.82, 2.24) is 15.0 Å². The van der Waals surface area contributed by atoms with E-state index >= 15 is 0 Å². The summed E-state index contributed by atoms with van der Waals surface area (Å²) in [5.74, 6) is 0.692. The molecule has 7 heteroatoms. The average Bonchev–Trinajstić information content (AvgIpc) is 2.81. The molecule has 0 bridgehead atoms. The van der Waals surface area contributed by atoms with Gasteiger partial charge in [-0.2, -0.15) is 0 Å². The van der Waals surface area contributed by atoms with Crippen molar-refractivity contribution in [3.05, 3.63) is 90.8 Å².